The van der Waals surface area contributed by atoms with Gasteiger partial charge < -0.3 is 15.5 Å². The van der Waals surface area contributed by atoms with Gasteiger partial charge in [0.15, 0.2) is 6.04 Å². The maximum absolute atomic E-state index is 13.7. The zero-order chi connectivity index (χ0) is 22.0. The number of carbonyl (C=O) groups excluding carboxylic acids is 2. The van der Waals surface area contributed by atoms with Crippen molar-refractivity contribution in [1.29, 1.82) is 0 Å². The Hall–Kier alpha value is -3.04. The van der Waals surface area contributed by atoms with Crippen LogP contribution in [-0.4, -0.2) is 52.3 Å². The van der Waals surface area contributed by atoms with Crippen LogP contribution in [0.4, 0.5) is 19.0 Å². The Morgan fingerprint density at radius 3 is 2.71 bits per heavy atom. The van der Waals surface area contributed by atoms with Crippen molar-refractivity contribution in [3.8, 4) is 0 Å². The number of nitrogens with zero attached hydrogens (tertiary/aromatic N) is 3. The lowest BCUT2D eigenvalue weighted by molar-refractivity contribution is -0.173. The lowest BCUT2D eigenvalue weighted by Gasteiger charge is -2.34. The highest BCUT2D eigenvalue weighted by Gasteiger charge is 2.47. The molecule has 0 saturated carbocycles. The van der Waals surface area contributed by atoms with Crippen molar-refractivity contribution in [1.82, 2.24) is 20.0 Å². The standard InChI is InChI=1S/C21H24F3N5O2/c22-21(23,24)17-12-16(14-6-2-1-3-7-14)27-19-15(13-26-29(17)19)20(31)25-9-5-11-28-10-4-8-18(28)30/h1-3,6-7,13,16-17,27H,4-5,8-12H2,(H,25,31). The maximum Gasteiger partial charge on any atom is 0.410 e. The molecule has 3 heterocycles. The highest BCUT2D eigenvalue weighted by molar-refractivity contribution is 5.98. The summed E-state index contributed by atoms with van der Waals surface area (Å²) in [5.41, 5.74) is 0.790. The molecule has 2 N–H and O–H groups in total. The molecular formula is C21H24F3N5O2. The molecule has 1 fully saturated rings. The molecule has 0 bridgehead atoms. The largest absolute Gasteiger partial charge is 0.410 e. The van der Waals surface area contributed by atoms with E-state index in [0.717, 1.165) is 17.6 Å². The fraction of sp³-hybridized carbons (Fsp3) is 0.476. The molecule has 31 heavy (non-hydrogen) atoms. The van der Waals surface area contributed by atoms with Gasteiger partial charge in [0.1, 0.15) is 11.4 Å². The van der Waals surface area contributed by atoms with E-state index < -0.39 is 24.2 Å². The second-order valence-electron chi connectivity index (χ2n) is 7.85. The number of anilines is 1. The van der Waals surface area contributed by atoms with Crippen molar-refractivity contribution < 1.29 is 22.8 Å². The van der Waals surface area contributed by atoms with E-state index in [4.69, 9.17) is 0 Å². The first-order valence-electron chi connectivity index (χ1n) is 10.4. The Bertz CT molecular complexity index is 944. The number of nitrogens with one attached hydrogen (secondary N) is 2. The molecule has 2 unspecified atom stereocenters. The van der Waals surface area contributed by atoms with E-state index in [1.807, 2.05) is 0 Å². The van der Waals surface area contributed by atoms with Crippen molar-refractivity contribution in [3.05, 3.63) is 47.7 Å². The van der Waals surface area contributed by atoms with E-state index in [2.05, 4.69) is 15.7 Å². The number of likely N-dealkylation sites (tertiary alicyclic amines) is 1. The monoisotopic (exact) mass is 435 g/mol. The van der Waals surface area contributed by atoms with Crippen molar-refractivity contribution in [2.75, 3.05) is 25.0 Å². The molecule has 0 spiro atoms. The molecule has 1 aromatic heterocycles. The van der Waals surface area contributed by atoms with Crippen LogP contribution in [0.25, 0.3) is 0 Å². The highest BCUT2D eigenvalue weighted by atomic mass is 19.4. The average molecular weight is 435 g/mol. The van der Waals surface area contributed by atoms with E-state index in [1.54, 1.807) is 35.2 Å². The number of halogens is 3. The zero-order valence-corrected chi connectivity index (χ0v) is 16.9. The van der Waals surface area contributed by atoms with Crippen molar-refractivity contribution >= 4 is 17.6 Å². The van der Waals surface area contributed by atoms with Crippen molar-refractivity contribution in [3.63, 3.8) is 0 Å². The predicted molar refractivity (Wildman–Crippen MR) is 108 cm³/mol. The Morgan fingerprint density at radius 1 is 1.26 bits per heavy atom. The molecule has 2 aliphatic heterocycles. The summed E-state index contributed by atoms with van der Waals surface area (Å²) in [4.78, 5) is 26.1. The summed E-state index contributed by atoms with van der Waals surface area (Å²) in [6.45, 7) is 1.60. The van der Waals surface area contributed by atoms with Gasteiger partial charge in [-0.05, 0) is 18.4 Å². The summed E-state index contributed by atoms with van der Waals surface area (Å²) >= 11 is 0. The minimum atomic E-state index is -4.49. The van der Waals surface area contributed by atoms with Gasteiger partial charge in [0.05, 0.1) is 12.2 Å². The van der Waals surface area contributed by atoms with Gasteiger partial charge in [0.25, 0.3) is 5.91 Å². The van der Waals surface area contributed by atoms with Crippen LogP contribution in [0.1, 0.15) is 53.7 Å². The van der Waals surface area contributed by atoms with E-state index in [1.165, 1.54) is 6.20 Å². The fourth-order valence-corrected chi connectivity index (χ4v) is 4.14. The summed E-state index contributed by atoms with van der Waals surface area (Å²) in [6.07, 6.45) is -1.55. The molecule has 4 rings (SSSR count). The van der Waals surface area contributed by atoms with Crippen molar-refractivity contribution in [2.45, 2.75) is 43.9 Å². The van der Waals surface area contributed by atoms with Crippen LogP contribution in [0, 0.1) is 0 Å². The molecule has 2 aliphatic rings. The van der Waals surface area contributed by atoms with Gasteiger partial charge in [-0.25, -0.2) is 4.68 Å². The third-order valence-corrected chi connectivity index (χ3v) is 5.75. The number of rotatable bonds is 6. The first-order chi connectivity index (χ1) is 14.8. The van der Waals surface area contributed by atoms with Gasteiger partial charge >= 0.3 is 6.18 Å². The molecule has 0 aliphatic carbocycles. The maximum atomic E-state index is 13.7. The Balaban J connectivity index is 1.47. The summed E-state index contributed by atoms with van der Waals surface area (Å²) in [7, 11) is 0. The smallest absolute Gasteiger partial charge is 0.363 e. The van der Waals surface area contributed by atoms with Crippen LogP contribution < -0.4 is 10.6 Å². The molecule has 0 radical (unpaired) electrons. The van der Waals surface area contributed by atoms with Gasteiger partial charge in [0, 0.05) is 32.5 Å². The van der Waals surface area contributed by atoms with Crippen molar-refractivity contribution in [2.24, 2.45) is 0 Å². The van der Waals surface area contributed by atoms with E-state index in [0.29, 0.717) is 31.5 Å². The second kappa shape index (κ2) is 8.60. The van der Waals surface area contributed by atoms with Crippen LogP contribution in [0.2, 0.25) is 0 Å². The number of hydrogen-bond donors (Lipinski definition) is 2. The van der Waals surface area contributed by atoms with Crippen LogP contribution in [0.15, 0.2) is 36.5 Å². The van der Waals surface area contributed by atoms with Gasteiger partial charge in [-0.2, -0.15) is 18.3 Å². The number of alkyl halides is 3. The third-order valence-electron chi connectivity index (χ3n) is 5.75. The Kier molecular flexibility index (Phi) is 5.88. The Morgan fingerprint density at radius 2 is 2.03 bits per heavy atom. The van der Waals surface area contributed by atoms with Gasteiger partial charge in [-0.15, -0.1) is 0 Å². The van der Waals surface area contributed by atoms with Gasteiger partial charge in [-0.3, -0.25) is 9.59 Å². The minimum Gasteiger partial charge on any atom is -0.363 e. The van der Waals surface area contributed by atoms with Gasteiger partial charge in [-0.1, -0.05) is 30.3 Å². The van der Waals surface area contributed by atoms with E-state index in [-0.39, 0.29) is 23.7 Å². The minimum absolute atomic E-state index is 0.0645. The number of amides is 2. The summed E-state index contributed by atoms with van der Waals surface area (Å²) in [6, 6.07) is 6.44. The summed E-state index contributed by atoms with van der Waals surface area (Å²) in [5.74, 6) is -0.308. The van der Waals surface area contributed by atoms with Crippen LogP contribution >= 0.6 is 0 Å². The van der Waals surface area contributed by atoms with Crippen LogP contribution in [0.3, 0.4) is 0 Å². The zero-order valence-electron chi connectivity index (χ0n) is 16.9. The quantitative estimate of drug-likeness (QED) is 0.683. The lowest BCUT2D eigenvalue weighted by Crippen LogP contribution is -2.36. The number of hydrogen-bond acceptors (Lipinski definition) is 4. The molecule has 2 amide bonds. The second-order valence-corrected chi connectivity index (χ2v) is 7.85. The molecule has 2 aromatic rings. The first kappa shape index (κ1) is 21.2. The summed E-state index contributed by atoms with van der Waals surface area (Å²) < 4.78 is 42.0. The first-order valence-corrected chi connectivity index (χ1v) is 10.4. The topological polar surface area (TPSA) is 79.3 Å². The van der Waals surface area contributed by atoms with Gasteiger partial charge in [0.2, 0.25) is 5.91 Å². The average Bonchev–Trinajstić information content (AvgIpc) is 3.36. The number of carbonyl (C=O) groups is 2. The highest BCUT2D eigenvalue weighted by Crippen LogP contribution is 2.44. The molecular weight excluding hydrogens is 411 g/mol. The molecule has 2 atom stereocenters. The van der Waals surface area contributed by atoms with E-state index in [9.17, 15) is 22.8 Å². The van der Waals surface area contributed by atoms with Crippen LogP contribution in [0.5, 0.6) is 0 Å². The lowest BCUT2D eigenvalue weighted by atomic mass is 9.96. The predicted octanol–water partition coefficient (Wildman–Crippen LogP) is 3.29. The normalized spacial score (nSPS) is 21.0. The molecule has 1 aromatic carbocycles. The summed E-state index contributed by atoms with van der Waals surface area (Å²) in [5, 5.41) is 9.68. The Labute approximate surface area is 177 Å². The number of fused-ring (bicyclic) bond motifs is 1. The molecule has 166 valence electrons. The van der Waals surface area contributed by atoms with E-state index >= 15 is 0 Å². The number of aromatic nitrogens is 2. The molecule has 1 saturated heterocycles. The molecule has 7 nitrogen and oxygen atoms in total. The SMILES string of the molecule is O=C(NCCCN1CCCC1=O)c1cnn2c1NC(c1ccccc1)CC2C(F)(F)F. The van der Waals surface area contributed by atoms with Crippen LogP contribution in [-0.2, 0) is 4.79 Å². The fourth-order valence-electron chi connectivity index (χ4n) is 4.14. The third kappa shape index (κ3) is 4.52. The molecule has 10 heteroatoms. The number of benzene rings is 1.